The van der Waals surface area contributed by atoms with Gasteiger partial charge in [0.15, 0.2) is 0 Å². The number of esters is 1. The van der Waals surface area contributed by atoms with Crippen LogP contribution >= 0.6 is 0 Å². The van der Waals surface area contributed by atoms with Crippen LogP contribution in [0.4, 0.5) is 5.69 Å². The lowest BCUT2D eigenvalue weighted by Gasteiger charge is -2.16. The molecule has 0 aliphatic heterocycles. The zero-order chi connectivity index (χ0) is 14.4. The molecule has 0 aliphatic carbocycles. The molecule has 0 fully saturated rings. The molecule has 1 unspecified atom stereocenters. The number of benzene rings is 1. The predicted octanol–water partition coefficient (Wildman–Crippen LogP) is 3.21. The minimum absolute atomic E-state index is 0.00705. The Morgan fingerprint density at radius 1 is 1.47 bits per heavy atom. The summed E-state index contributed by atoms with van der Waals surface area (Å²) in [5.41, 5.74) is 1.03. The summed E-state index contributed by atoms with van der Waals surface area (Å²) in [6.07, 6.45) is 0.624. The molecule has 0 saturated carbocycles. The molecule has 0 spiro atoms. The van der Waals surface area contributed by atoms with Crippen molar-refractivity contribution in [3.8, 4) is 0 Å². The third-order valence-corrected chi connectivity index (χ3v) is 2.85. The summed E-state index contributed by atoms with van der Waals surface area (Å²) in [5, 5.41) is 10.8. The van der Waals surface area contributed by atoms with Crippen molar-refractivity contribution in [1.82, 2.24) is 0 Å². The highest BCUT2D eigenvalue weighted by atomic mass is 16.6. The standard InChI is InChI=1S/C14H17NO4/c1-4-13(10(3)14(16)19-5-2)11-7-6-8-12(9-11)15(17)18/h6-9,13H,3-5H2,1-2H3. The number of hydrogen-bond donors (Lipinski definition) is 0. The van der Waals surface area contributed by atoms with E-state index in [1.165, 1.54) is 12.1 Å². The fraction of sp³-hybridized carbons (Fsp3) is 0.357. The first-order chi connectivity index (χ1) is 9.01. The number of carbonyl (C=O) groups is 1. The maximum absolute atomic E-state index is 11.7. The summed E-state index contributed by atoms with van der Waals surface area (Å²) in [7, 11) is 0. The minimum Gasteiger partial charge on any atom is -0.463 e. The maximum atomic E-state index is 11.7. The third-order valence-electron chi connectivity index (χ3n) is 2.85. The number of rotatable bonds is 6. The summed E-state index contributed by atoms with van der Waals surface area (Å²) in [6, 6.07) is 6.25. The van der Waals surface area contributed by atoms with Crippen LogP contribution < -0.4 is 0 Å². The van der Waals surface area contributed by atoms with Crippen molar-refractivity contribution >= 4 is 11.7 Å². The van der Waals surface area contributed by atoms with E-state index in [2.05, 4.69) is 6.58 Å². The molecule has 0 saturated heterocycles. The van der Waals surface area contributed by atoms with E-state index < -0.39 is 10.9 Å². The minimum atomic E-state index is -0.458. The van der Waals surface area contributed by atoms with Crippen molar-refractivity contribution in [3.05, 3.63) is 52.1 Å². The van der Waals surface area contributed by atoms with Gasteiger partial charge in [-0.25, -0.2) is 4.79 Å². The van der Waals surface area contributed by atoms with Crippen LogP contribution in [0.1, 0.15) is 31.7 Å². The van der Waals surface area contributed by atoms with Gasteiger partial charge in [0.05, 0.1) is 11.5 Å². The van der Waals surface area contributed by atoms with Gasteiger partial charge in [0.1, 0.15) is 0 Å². The third kappa shape index (κ3) is 3.64. The number of nitro groups is 1. The Balaban J connectivity index is 3.03. The molecule has 1 aromatic rings. The van der Waals surface area contributed by atoms with Crippen molar-refractivity contribution in [2.24, 2.45) is 0 Å². The van der Waals surface area contributed by atoms with Crippen molar-refractivity contribution < 1.29 is 14.5 Å². The van der Waals surface area contributed by atoms with Crippen LogP contribution in [0.3, 0.4) is 0 Å². The molecule has 0 amide bonds. The Morgan fingerprint density at radius 2 is 2.16 bits per heavy atom. The number of hydrogen-bond acceptors (Lipinski definition) is 4. The van der Waals surface area contributed by atoms with Gasteiger partial charge in [-0.1, -0.05) is 25.6 Å². The first-order valence-electron chi connectivity index (χ1n) is 6.11. The molecule has 102 valence electrons. The second-order valence-corrected chi connectivity index (χ2v) is 4.06. The molecule has 0 aromatic heterocycles. The quantitative estimate of drug-likeness (QED) is 0.342. The van der Waals surface area contributed by atoms with Crippen molar-refractivity contribution in [3.63, 3.8) is 0 Å². The van der Waals surface area contributed by atoms with Gasteiger partial charge < -0.3 is 4.74 Å². The molecule has 1 rings (SSSR count). The highest BCUT2D eigenvalue weighted by molar-refractivity contribution is 5.89. The Kier molecular flexibility index (Phi) is 5.23. The average Bonchev–Trinajstić information content (AvgIpc) is 2.40. The topological polar surface area (TPSA) is 69.4 Å². The predicted molar refractivity (Wildman–Crippen MR) is 71.9 cm³/mol. The van der Waals surface area contributed by atoms with Gasteiger partial charge in [-0.05, 0) is 18.9 Å². The van der Waals surface area contributed by atoms with E-state index in [-0.39, 0.29) is 18.2 Å². The van der Waals surface area contributed by atoms with Crippen LogP contribution in [0.25, 0.3) is 0 Å². The Bertz CT molecular complexity index is 496. The van der Waals surface area contributed by atoms with Gasteiger partial charge in [0.25, 0.3) is 5.69 Å². The number of non-ortho nitro benzene ring substituents is 1. The van der Waals surface area contributed by atoms with E-state index in [0.29, 0.717) is 17.6 Å². The average molecular weight is 263 g/mol. The smallest absolute Gasteiger partial charge is 0.334 e. The SMILES string of the molecule is C=C(C(=O)OCC)C(CC)c1cccc([N+](=O)[O-])c1. The molecule has 5 nitrogen and oxygen atoms in total. The zero-order valence-corrected chi connectivity index (χ0v) is 11.1. The van der Waals surface area contributed by atoms with Crippen LogP contribution in [0.2, 0.25) is 0 Å². The van der Waals surface area contributed by atoms with E-state index in [4.69, 9.17) is 4.74 Å². The number of ether oxygens (including phenoxy) is 1. The van der Waals surface area contributed by atoms with E-state index in [0.717, 1.165) is 0 Å². The molecule has 0 radical (unpaired) electrons. The van der Waals surface area contributed by atoms with E-state index in [1.54, 1.807) is 19.1 Å². The molecule has 5 heteroatoms. The Labute approximate surface area is 112 Å². The Hall–Kier alpha value is -2.17. The van der Waals surface area contributed by atoms with Crippen molar-refractivity contribution in [2.45, 2.75) is 26.2 Å². The van der Waals surface area contributed by atoms with Gasteiger partial charge in [0.2, 0.25) is 0 Å². The van der Waals surface area contributed by atoms with Gasteiger partial charge >= 0.3 is 5.97 Å². The fourth-order valence-electron chi connectivity index (χ4n) is 1.90. The van der Waals surface area contributed by atoms with E-state index in [9.17, 15) is 14.9 Å². The molecule has 0 N–H and O–H groups in total. The van der Waals surface area contributed by atoms with Crippen LogP contribution in [-0.2, 0) is 9.53 Å². The van der Waals surface area contributed by atoms with E-state index in [1.807, 2.05) is 6.92 Å². The second-order valence-electron chi connectivity index (χ2n) is 4.06. The largest absolute Gasteiger partial charge is 0.463 e. The highest BCUT2D eigenvalue weighted by Crippen LogP contribution is 2.29. The first kappa shape index (κ1) is 14.9. The summed E-state index contributed by atoms with van der Waals surface area (Å²) in [4.78, 5) is 22.0. The summed E-state index contributed by atoms with van der Waals surface area (Å²) >= 11 is 0. The van der Waals surface area contributed by atoms with Crippen LogP contribution in [0.5, 0.6) is 0 Å². The van der Waals surface area contributed by atoms with Gasteiger partial charge in [-0.3, -0.25) is 10.1 Å². The number of nitro benzene ring substituents is 1. The Morgan fingerprint density at radius 3 is 2.68 bits per heavy atom. The van der Waals surface area contributed by atoms with E-state index >= 15 is 0 Å². The van der Waals surface area contributed by atoms with Crippen LogP contribution in [0.15, 0.2) is 36.4 Å². The van der Waals surface area contributed by atoms with Crippen molar-refractivity contribution in [1.29, 1.82) is 0 Å². The molecule has 1 aromatic carbocycles. The molecule has 0 aliphatic rings. The molecule has 0 heterocycles. The lowest BCUT2D eigenvalue weighted by atomic mass is 9.89. The monoisotopic (exact) mass is 263 g/mol. The van der Waals surface area contributed by atoms with Gasteiger partial charge in [0, 0.05) is 23.6 Å². The first-order valence-corrected chi connectivity index (χ1v) is 6.11. The summed E-state index contributed by atoms with van der Waals surface area (Å²) in [5.74, 6) is -0.722. The fourth-order valence-corrected chi connectivity index (χ4v) is 1.90. The molecular formula is C14H17NO4. The van der Waals surface area contributed by atoms with Crippen molar-refractivity contribution in [2.75, 3.05) is 6.61 Å². The number of nitrogens with zero attached hydrogens (tertiary/aromatic N) is 1. The second kappa shape index (κ2) is 6.68. The summed E-state index contributed by atoms with van der Waals surface area (Å²) < 4.78 is 4.91. The molecule has 0 bridgehead atoms. The normalized spacial score (nSPS) is 11.7. The summed E-state index contributed by atoms with van der Waals surface area (Å²) in [6.45, 7) is 7.65. The van der Waals surface area contributed by atoms with Gasteiger partial charge in [-0.15, -0.1) is 0 Å². The van der Waals surface area contributed by atoms with Gasteiger partial charge in [-0.2, -0.15) is 0 Å². The maximum Gasteiger partial charge on any atom is 0.334 e. The lowest BCUT2D eigenvalue weighted by Crippen LogP contribution is -2.13. The lowest BCUT2D eigenvalue weighted by molar-refractivity contribution is -0.384. The molecule has 19 heavy (non-hydrogen) atoms. The molecule has 1 atom stereocenters. The zero-order valence-electron chi connectivity index (χ0n) is 11.1. The molecular weight excluding hydrogens is 246 g/mol. The number of carbonyl (C=O) groups excluding carboxylic acids is 1. The highest BCUT2D eigenvalue weighted by Gasteiger charge is 2.21. The van der Waals surface area contributed by atoms with Crippen LogP contribution in [-0.4, -0.2) is 17.5 Å². The van der Waals surface area contributed by atoms with Crippen LogP contribution in [0, 0.1) is 10.1 Å².